The third kappa shape index (κ3) is 2.84. The van der Waals surface area contributed by atoms with Gasteiger partial charge in [0.05, 0.1) is 12.6 Å². The average molecular weight is 253 g/mol. The molecule has 0 aromatic carbocycles. The van der Waals surface area contributed by atoms with Crippen molar-refractivity contribution in [1.29, 1.82) is 0 Å². The SMILES string of the molecule is CNC1C(=O)N(Cc2nccs2)CCCC1C. The molecule has 0 saturated carbocycles. The van der Waals surface area contributed by atoms with Gasteiger partial charge in [-0.3, -0.25) is 4.79 Å². The molecule has 1 fully saturated rings. The molecule has 2 heterocycles. The molecule has 1 saturated heterocycles. The number of thiazole rings is 1. The first-order valence-electron chi connectivity index (χ1n) is 6.06. The highest BCUT2D eigenvalue weighted by Gasteiger charge is 2.30. The van der Waals surface area contributed by atoms with E-state index in [-0.39, 0.29) is 11.9 Å². The van der Waals surface area contributed by atoms with Crippen LogP contribution in [-0.2, 0) is 11.3 Å². The molecule has 1 amide bonds. The molecule has 0 radical (unpaired) electrons. The summed E-state index contributed by atoms with van der Waals surface area (Å²) in [5, 5.41) is 6.12. The second-order valence-electron chi connectivity index (χ2n) is 4.57. The standard InChI is InChI=1S/C12H19N3OS/c1-9-4-3-6-15(12(16)11(9)13-2)8-10-14-5-7-17-10/h5,7,9,11,13H,3-4,6,8H2,1-2H3. The maximum atomic E-state index is 12.4. The molecule has 1 aromatic rings. The van der Waals surface area contributed by atoms with Crippen molar-refractivity contribution in [2.75, 3.05) is 13.6 Å². The zero-order valence-corrected chi connectivity index (χ0v) is 11.2. The third-order valence-electron chi connectivity index (χ3n) is 3.35. The highest BCUT2D eigenvalue weighted by molar-refractivity contribution is 7.09. The Morgan fingerprint density at radius 1 is 1.65 bits per heavy atom. The number of nitrogens with zero attached hydrogens (tertiary/aromatic N) is 2. The van der Waals surface area contributed by atoms with Crippen LogP contribution in [0.4, 0.5) is 0 Å². The molecule has 2 atom stereocenters. The molecule has 5 heteroatoms. The quantitative estimate of drug-likeness (QED) is 0.887. The number of carbonyl (C=O) groups excluding carboxylic acids is 1. The van der Waals surface area contributed by atoms with E-state index in [0.717, 1.165) is 24.4 Å². The summed E-state index contributed by atoms with van der Waals surface area (Å²) in [5.41, 5.74) is 0. The number of hydrogen-bond donors (Lipinski definition) is 1. The van der Waals surface area contributed by atoms with Crippen molar-refractivity contribution in [1.82, 2.24) is 15.2 Å². The fourth-order valence-electron chi connectivity index (χ4n) is 2.38. The molecule has 0 aliphatic carbocycles. The van der Waals surface area contributed by atoms with Crippen molar-refractivity contribution in [3.8, 4) is 0 Å². The van der Waals surface area contributed by atoms with Gasteiger partial charge in [-0.1, -0.05) is 6.92 Å². The van der Waals surface area contributed by atoms with E-state index >= 15 is 0 Å². The molecule has 17 heavy (non-hydrogen) atoms. The Morgan fingerprint density at radius 2 is 2.47 bits per heavy atom. The van der Waals surface area contributed by atoms with E-state index in [1.165, 1.54) is 0 Å². The van der Waals surface area contributed by atoms with E-state index in [1.807, 2.05) is 17.3 Å². The summed E-state index contributed by atoms with van der Waals surface area (Å²) in [6, 6.07) is -0.0440. The molecule has 2 unspecified atom stereocenters. The van der Waals surface area contributed by atoms with Gasteiger partial charge < -0.3 is 10.2 Å². The predicted molar refractivity (Wildman–Crippen MR) is 68.8 cm³/mol. The van der Waals surface area contributed by atoms with Crippen molar-refractivity contribution in [3.63, 3.8) is 0 Å². The Balaban J connectivity index is 2.08. The van der Waals surface area contributed by atoms with Gasteiger partial charge in [0, 0.05) is 18.1 Å². The summed E-state index contributed by atoms with van der Waals surface area (Å²) in [6.07, 6.45) is 3.97. The van der Waals surface area contributed by atoms with E-state index < -0.39 is 0 Å². The van der Waals surface area contributed by atoms with Crippen LogP contribution < -0.4 is 5.32 Å². The number of rotatable bonds is 3. The minimum absolute atomic E-state index is 0.0440. The number of nitrogens with one attached hydrogen (secondary N) is 1. The molecule has 0 spiro atoms. The van der Waals surface area contributed by atoms with Gasteiger partial charge in [-0.2, -0.15) is 0 Å². The number of carbonyl (C=O) groups is 1. The van der Waals surface area contributed by atoms with E-state index in [9.17, 15) is 4.79 Å². The van der Waals surface area contributed by atoms with Gasteiger partial charge in [-0.15, -0.1) is 11.3 Å². The lowest BCUT2D eigenvalue weighted by Crippen LogP contribution is -2.46. The maximum Gasteiger partial charge on any atom is 0.240 e. The van der Waals surface area contributed by atoms with Crippen LogP contribution in [0.5, 0.6) is 0 Å². The van der Waals surface area contributed by atoms with Crippen LogP contribution in [0.3, 0.4) is 0 Å². The summed E-state index contributed by atoms with van der Waals surface area (Å²) in [7, 11) is 1.87. The van der Waals surface area contributed by atoms with Crippen LogP contribution in [0, 0.1) is 5.92 Å². The Morgan fingerprint density at radius 3 is 3.12 bits per heavy atom. The summed E-state index contributed by atoms with van der Waals surface area (Å²) in [4.78, 5) is 18.5. The molecule has 1 aliphatic heterocycles. The molecule has 0 bridgehead atoms. The first-order valence-corrected chi connectivity index (χ1v) is 6.94. The Labute approximate surface area is 106 Å². The highest BCUT2D eigenvalue weighted by atomic mass is 32.1. The Bertz CT molecular complexity index is 366. The lowest BCUT2D eigenvalue weighted by molar-refractivity contribution is -0.134. The molecule has 1 N–H and O–H groups in total. The third-order valence-corrected chi connectivity index (χ3v) is 4.12. The Kier molecular flexibility index (Phi) is 4.12. The normalized spacial score (nSPS) is 26.0. The minimum Gasteiger partial charge on any atom is -0.335 e. The fraction of sp³-hybridized carbons (Fsp3) is 0.667. The Hall–Kier alpha value is -0.940. The molecule has 1 aliphatic rings. The number of hydrogen-bond acceptors (Lipinski definition) is 4. The fourth-order valence-corrected chi connectivity index (χ4v) is 3.01. The first-order chi connectivity index (χ1) is 8.22. The summed E-state index contributed by atoms with van der Waals surface area (Å²) >= 11 is 1.61. The summed E-state index contributed by atoms with van der Waals surface area (Å²) in [5.74, 6) is 0.626. The number of likely N-dealkylation sites (tertiary alicyclic amines) is 1. The van der Waals surface area contributed by atoms with Crippen LogP contribution in [0.2, 0.25) is 0 Å². The molecule has 94 valence electrons. The number of likely N-dealkylation sites (N-methyl/N-ethyl adjacent to an activating group) is 1. The lowest BCUT2D eigenvalue weighted by Gasteiger charge is -2.25. The zero-order chi connectivity index (χ0) is 12.3. The van der Waals surface area contributed by atoms with Crippen LogP contribution >= 0.6 is 11.3 Å². The molecule has 2 rings (SSSR count). The van der Waals surface area contributed by atoms with Gasteiger partial charge >= 0.3 is 0 Å². The van der Waals surface area contributed by atoms with Gasteiger partial charge in [-0.05, 0) is 25.8 Å². The van der Waals surface area contributed by atoms with Crippen LogP contribution in [0.1, 0.15) is 24.8 Å². The van der Waals surface area contributed by atoms with Crippen LogP contribution in [0.15, 0.2) is 11.6 Å². The lowest BCUT2D eigenvalue weighted by atomic mass is 9.98. The first kappa shape index (κ1) is 12.5. The van der Waals surface area contributed by atoms with Crippen molar-refractivity contribution in [2.24, 2.45) is 5.92 Å². The monoisotopic (exact) mass is 253 g/mol. The molecule has 4 nitrogen and oxygen atoms in total. The van der Waals surface area contributed by atoms with E-state index in [4.69, 9.17) is 0 Å². The number of aromatic nitrogens is 1. The molecular weight excluding hydrogens is 234 g/mol. The largest absolute Gasteiger partial charge is 0.335 e. The van der Waals surface area contributed by atoms with Crippen LogP contribution in [-0.4, -0.2) is 35.4 Å². The topological polar surface area (TPSA) is 45.2 Å². The van der Waals surface area contributed by atoms with Crippen molar-refractivity contribution < 1.29 is 4.79 Å². The van der Waals surface area contributed by atoms with Crippen molar-refractivity contribution in [3.05, 3.63) is 16.6 Å². The van der Waals surface area contributed by atoms with Gasteiger partial charge in [0.2, 0.25) is 5.91 Å². The molecule has 1 aromatic heterocycles. The van der Waals surface area contributed by atoms with E-state index in [1.54, 1.807) is 17.5 Å². The summed E-state index contributed by atoms with van der Waals surface area (Å²) < 4.78 is 0. The minimum atomic E-state index is -0.0440. The van der Waals surface area contributed by atoms with Gasteiger partial charge in [0.1, 0.15) is 5.01 Å². The van der Waals surface area contributed by atoms with E-state index in [0.29, 0.717) is 12.5 Å². The second-order valence-corrected chi connectivity index (χ2v) is 5.55. The highest BCUT2D eigenvalue weighted by Crippen LogP contribution is 2.20. The smallest absolute Gasteiger partial charge is 0.240 e. The van der Waals surface area contributed by atoms with Gasteiger partial charge in [0.15, 0.2) is 0 Å². The van der Waals surface area contributed by atoms with Gasteiger partial charge in [0.25, 0.3) is 0 Å². The zero-order valence-electron chi connectivity index (χ0n) is 10.3. The summed E-state index contributed by atoms with van der Waals surface area (Å²) in [6.45, 7) is 3.65. The van der Waals surface area contributed by atoms with Crippen molar-refractivity contribution in [2.45, 2.75) is 32.4 Å². The van der Waals surface area contributed by atoms with Crippen molar-refractivity contribution >= 4 is 17.2 Å². The van der Waals surface area contributed by atoms with Gasteiger partial charge in [-0.25, -0.2) is 4.98 Å². The predicted octanol–water partition coefficient (Wildman–Crippen LogP) is 1.49. The van der Waals surface area contributed by atoms with E-state index in [2.05, 4.69) is 17.2 Å². The average Bonchev–Trinajstić information content (AvgIpc) is 2.76. The maximum absolute atomic E-state index is 12.4. The molecular formula is C12H19N3OS. The van der Waals surface area contributed by atoms with Crippen LogP contribution in [0.25, 0.3) is 0 Å². The number of amides is 1. The second kappa shape index (κ2) is 5.60.